The number of anilines is 1. The zero-order valence-electron chi connectivity index (χ0n) is 11.1. The van der Waals surface area contributed by atoms with E-state index < -0.39 is 10.9 Å². The molecule has 2 N–H and O–H groups in total. The van der Waals surface area contributed by atoms with Crippen LogP contribution in [0.5, 0.6) is 0 Å². The van der Waals surface area contributed by atoms with Crippen molar-refractivity contribution in [2.75, 3.05) is 5.32 Å². The lowest BCUT2D eigenvalue weighted by molar-refractivity contribution is -0.384. The van der Waals surface area contributed by atoms with Crippen molar-refractivity contribution in [1.29, 1.82) is 0 Å². The fourth-order valence-corrected chi connectivity index (χ4v) is 1.68. The van der Waals surface area contributed by atoms with Crippen LogP contribution in [-0.2, 0) is 9.59 Å². The summed E-state index contributed by atoms with van der Waals surface area (Å²) < 4.78 is 0. The van der Waals surface area contributed by atoms with Crippen molar-refractivity contribution in [2.24, 2.45) is 0 Å². The van der Waals surface area contributed by atoms with Gasteiger partial charge in [0.1, 0.15) is 0 Å². The van der Waals surface area contributed by atoms with Gasteiger partial charge in [-0.15, -0.1) is 0 Å². The van der Waals surface area contributed by atoms with Crippen LogP contribution in [0.1, 0.15) is 31.2 Å². The van der Waals surface area contributed by atoms with E-state index in [1.165, 1.54) is 18.2 Å². The number of nitro groups is 1. The van der Waals surface area contributed by atoms with E-state index in [1.807, 2.05) is 0 Å². The number of carboxylic acids is 1. The Balaban J connectivity index is 2.50. The zero-order valence-corrected chi connectivity index (χ0v) is 11.1. The number of amides is 1. The van der Waals surface area contributed by atoms with Gasteiger partial charge in [0.05, 0.1) is 4.92 Å². The molecular weight excluding hydrogens is 264 g/mol. The minimum Gasteiger partial charge on any atom is -0.481 e. The Hall–Kier alpha value is -2.44. The van der Waals surface area contributed by atoms with Crippen molar-refractivity contribution in [3.8, 4) is 0 Å². The summed E-state index contributed by atoms with van der Waals surface area (Å²) in [5.41, 5.74) is 1.11. The maximum absolute atomic E-state index is 11.6. The first-order valence-electron chi connectivity index (χ1n) is 6.17. The highest BCUT2D eigenvalue weighted by molar-refractivity contribution is 5.91. The minimum atomic E-state index is -0.878. The maximum Gasteiger partial charge on any atom is 0.303 e. The molecule has 0 saturated carbocycles. The molecule has 0 aliphatic heterocycles. The summed E-state index contributed by atoms with van der Waals surface area (Å²) >= 11 is 0. The summed E-state index contributed by atoms with van der Waals surface area (Å²) in [6.45, 7) is 1.67. The Labute approximate surface area is 115 Å². The molecule has 0 heterocycles. The first-order valence-corrected chi connectivity index (χ1v) is 6.17. The van der Waals surface area contributed by atoms with Gasteiger partial charge in [0, 0.05) is 30.7 Å². The van der Waals surface area contributed by atoms with Crippen LogP contribution in [0.4, 0.5) is 11.4 Å². The van der Waals surface area contributed by atoms with Crippen LogP contribution in [0.3, 0.4) is 0 Å². The Morgan fingerprint density at radius 3 is 2.50 bits per heavy atom. The van der Waals surface area contributed by atoms with Gasteiger partial charge in [-0.1, -0.05) is 0 Å². The van der Waals surface area contributed by atoms with Crippen molar-refractivity contribution in [3.63, 3.8) is 0 Å². The largest absolute Gasteiger partial charge is 0.481 e. The summed E-state index contributed by atoms with van der Waals surface area (Å²) in [5, 5.41) is 21.7. The number of nitro benzene ring substituents is 1. The molecule has 7 nitrogen and oxygen atoms in total. The molecule has 7 heteroatoms. The van der Waals surface area contributed by atoms with Crippen LogP contribution in [0.15, 0.2) is 18.2 Å². The molecule has 0 radical (unpaired) electrons. The van der Waals surface area contributed by atoms with E-state index in [2.05, 4.69) is 5.32 Å². The molecule has 0 saturated heterocycles. The monoisotopic (exact) mass is 280 g/mol. The van der Waals surface area contributed by atoms with Gasteiger partial charge in [-0.05, 0) is 31.4 Å². The second-order valence-electron chi connectivity index (χ2n) is 4.41. The van der Waals surface area contributed by atoms with E-state index in [9.17, 15) is 19.7 Å². The number of rotatable bonds is 7. The maximum atomic E-state index is 11.6. The molecule has 0 aromatic heterocycles. The van der Waals surface area contributed by atoms with Crippen molar-refractivity contribution in [1.82, 2.24) is 0 Å². The third-order valence-corrected chi connectivity index (χ3v) is 2.74. The number of carbonyl (C=O) groups is 2. The van der Waals surface area contributed by atoms with Gasteiger partial charge < -0.3 is 10.4 Å². The molecular formula is C13H16N2O5. The van der Waals surface area contributed by atoms with Crippen LogP contribution in [0.2, 0.25) is 0 Å². The van der Waals surface area contributed by atoms with Gasteiger partial charge in [-0.3, -0.25) is 19.7 Å². The number of hydrogen-bond donors (Lipinski definition) is 2. The molecule has 0 aliphatic carbocycles. The van der Waals surface area contributed by atoms with Gasteiger partial charge in [0.2, 0.25) is 5.91 Å². The smallest absolute Gasteiger partial charge is 0.303 e. The number of aryl methyl sites for hydroxylation is 1. The van der Waals surface area contributed by atoms with Crippen molar-refractivity contribution < 1.29 is 19.6 Å². The number of carbonyl (C=O) groups excluding carboxylic acids is 1. The molecule has 0 bridgehead atoms. The molecule has 0 unspecified atom stereocenters. The molecule has 0 spiro atoms. The standard InChI is InChI=1S/C13H16N2O5/c1-9-8-10(15(19)20)6-7-11(9)14-12(16)4-2-3-5-13(17)18/h6-8H,2-5H2,1H3,(H,14,16)(H,17,18). The first kappa shape index (κ1) is 15.6. The lowest BCUT2D eigenvalue weighted by Gasteiger charge is -2.07. The second kappa shape index (κ2) is 7.22. The molecule has 0 atom stereocenters. The molecule has 0 aliphatic rings. The fourth-order valence-electron chi connectivity index (χ4n) is 1.68. The van der Waals surface area contributed by atoms with E-state index in [0.29, 0.717) is 24.1 Å². The molecule has 1 rings (SSSR count). The molecule has 1 aromatic rings. The number of non-ortho nitro benzene ring substituents is 1. The number of carboxylic acid groups (broad SMARTS) is 1. The van der Waals surface area contributed by atoms with Crippen LogP contribution >= 0.6 is 0 Å². The average molecular weight is 280 g/mol. The SMILES string of the molecule is Cc1cc([N+](=O)[O-])ccc1NC(=O)CCCCC(=O)O. The first-order chi connectivity index (χ1) is 9.40. The van der Waals surface area contributed by atoms with E-state index >= 15 is 0 Å². The van der Waals surface area contributed by atoms with E-state index in [-0.39, 0.29) is 24.4 Å². The number of aliphatic carboxylic acids is 1. The molecule has 20 heavy (non-hydrogen) atoms. The van der Waals surface area contributed by atoms with Gasteiger partial charge >= 0.3 is 5.97 Å². The second-order valence-corrected chi connectivity index (χ2v) is 4.41. The molecule has 0 fully saturated rings. The number of benzene rings is 1. The number of nitrogens with zero attached hydrogens (tertiary/aromatic N) is 1. The predicted molar refractivity (Wildman–Crippen MR) is 72.6 cm³/mol. The van der Waals surface area contributed by atoms with E-state index in [0.717, 1.165) is 0 Å². The van der Waals surface area contributed by atoms with Crippen molar-refractivity contribution in [3.05, 3.63) is 33.9 Å². The summed E-state index contributed by atoms with van der Waals surface area (Å²) in [6.07, 6.45) is 1.21. The minimum absolute atomic E-state index is 0.0260. The summed E-state index contributed by atoms with van der Waals surface area (Å²) in [4.78, 5) is 32.0. The molecule has 1 aromatic carbocycles. The van der Waals surface area contributed by atoms with E-state index in [1.54, 1.807) is 6.92 Å². The van der Waals surface area contributed by atoms with E-state index in [4.69, 9.17) is 5.11 Å². The van der Waals surface area contributed by atoms with Gasteiger partial charge in [-0.2, -0.15) is 0 Å². The van der Waals surface area contributed by atoms with Gasteiger partial charge in [0.15, 0.2) is 0 Å². The van der Waals surface area contributed by atoms with Crippen LogP contribution in [0, 0.1) is 17.0 Å². The number of hydrogen-bond acceptors (Lipinski definition) is 4. The lowest BCUT2D eigenvalue weighted by Crippen LogP contribution is -2.12. The lowest BCUT2D eigenvalue weighted by atomic mass is 10.1. The van der Waals surface area contributed by atoms with Crippen LogP contribution in [0.25, 0.3) is 0 Å². The van der Waals surface area contributed by atoms with Gasteiger partial charge in [0.25, 0.3) is 5.69 Å². The Morgan fingerprint density at radius 1 is 1.30 bits per heavy atom. The third-order valence-electron chi connectivity index (χ3n) is 2.74. The average Bonchev–Trinajstić information content (AvgIpc) is 2.36. The summed E-state index contributed by atoms with van der Waals surface area (Å²) in [6, 6.07) is 4.20. The fraction of sp³-hybridized carbons (Fsp3) is 0.385. The van der Waals surface area contributed by atoms with Gasteiger partial charge in [-0.25, -0.2) is 0 Å². The molecule has 1 amide bonds. The highest BCUT2D eigenvalue weighted by Crippen LogP contribution is 2.21. The topological polar surface area (TPSA) is 110 Å². The Kier molecular flexibility index (Phi) is 5.64. The molecule has 108 valence electrons. The van der Waals surface area contributed by atoms with Crippen molar-refractivity contribution in [2.45, 2.75) is 32.6 Å². The quantitative estimate of drug-likeness (QED) is 0.453. The zero-order chi connectivity index (χ0) is 15.1. The predicted octanol–water partition coefficient (Wildman–Crippen LogP) is 2.49. The van der Waals surface area contributed by atoms with Crippen LogP contribution in [-0.4, -0.2) is 21.9 Å². The highest BCUT2D eigenvalue weighted by Gasteiger charge is 2.10. The normalized spacial score (nSPS) is 10.1. The third kappa shape index (κ3) is 5.05. The number of nitrogens with one attached hydrogen (secondary N) is 1. The van der Waals surface area contributed by atoms with Crippen molar-refractivity contribution >= 4 is 23.3 Å². The summed E-state index contributed by atoms with van der Waals surface area (Å²) in [7, 11) is 0. The number of unbranched alkanes of at least 4 members (excludes halogenated alkanes) is 1. The van der Waals surface area contributed by atoms with Crippen LogP contribution < -0.4 is 5.32 Å². The Morgan fingerprint density at radius 2 is 1.95 bits per heavy atom. The summed E-state index contributed by atoms with van der Waals surface area (Å²) in [5.74, 6) is -1.11. The highest BCUT2D eigenvalue weighted by atomic mass is 16.6. The Bertz CT molecular complexity index is 527.